The zero-order chi connectivity index (χ0) is 14.7. The Bertz CT molecular complexity index is 763. The van der Waals surface area contributed by atoms with Crippen molar-refractivity contribution in [1.82, 2.24) is 15.5 Å². The number of H-pyrrole nitrogens is 1. The number of carbonyl (C=O) groups is 1. The number of methoxy groups -OCH3 is 1. The minimum Gasteiger partial charge on any atom is -0.378 e. The van der Waals surface area contributed by atoms with E-state index in [1.165, 1.54) is 4.70 Å². The number of benzene rings is 1. The molecule has 3 aromatic rings. The van der Waals surface area contributed by atoms with Crippen molar-refractivity contribution < 1.29 is 9.53 Å². The SMILES string of the molecule is COCc1cc(CNC(=O)c2ccc3sccc3c2)[nH]n1. The first kappa shape index (κ1) is 13.8. The second-order valence-electron chi connectivity index (χ2n) is 4.67. The van der Waals surface area contributed by atoms with Crippen LogP contribution in [0.2, 0.25) is 0 Å². The largest absolute Gasteiger partial charge is 0.378 e. The Morgan fingerprint density at radius 1 is 1.38 bits per heavy atom. The highest BCUT2D eigenvalue weighted by atomic mass is 32.1. The van der Waals surface area contributed by atoms with Gasteiger partial charge in [-0.05, 0) is 41.1 Å². The molecule has 2 N–H and O–H groups in total. The second kappa shape index (κ2) is 6.07. The molecule has 0 spiro atoms. The molecule has 0 aliphatic heterocycles. The Morgan fingerprint density at radius 2 is 2.29 bits per heavy atom. The van der Waals surface area contributed by atoms with Crippen LogP contribution in [0.3, 0.4) is 0 Å². The quantitative estimate of drug-likeness (QED) is 0.761. The fraction of sp³-hybridized carbons (Fsp3) is 0.200. The third-order valence-corrected chi connectivity index (χ3v) is 4.03. The highest BCUT2D eigenvalue weighted by Crippen LogP contribution is 2.21. The summed E-state index contributed by atoms with van der Waals surface area (Å²) >= 11 is 1.67. The number of aromatic nitrogens is 2. The van der Waals surface area contributed by atoms with Crippen LogP contribution in [0, 0.1) is 0 Å². The molecule has 21 heavy (non-hydrogen) atoms. The summed E-state index contributed by atoms with van der Waals surface area (Å²) in [4.78, 5) is 12.1. The van der Waals surface area contributed by atoms with E-state index in [0.717, 1.165) is 16.8 Å². The number of aromatic amines is 1. The van der Waals surface area contributed by atoms with Crippen LogP contribution in [0.1, 0.15) is 21.7 Å². The molecule has 3 rings (SSSR count). The van der Waals surface area contributed by atoms with Crippen molar-refractivity contribution in [3.8, 4) is 0 Å². The molecule has 0 aliphatic carbocycles. The minimum atomic E-state index is -0.0917. The van der Waals surface area contributed by atoms with Gasteiger partial charge in [0.2, 0.25) is 0 Å². The molecule has 0 saturated heterocycles. The van der Waals surface area contributed by atoms with Gasteiger partial charge in [0.05, 0.1) is 24.5 Å². The topological polar surface area (TPSA) is 67.0 Å². The summed E-state index contributed by atoms with van der Waals surface area (Å²) in [6.07, 6.45) is 0. The summed E-state index contributed by atoms with van der Waals surface area (Å²) in [6, 6.07) is 9.62. The molecular weight excluding hydrogens is 286 g/mol. The van der Waals surface area contributed by atoms with Crippen molar-refractivity contribution in [3.05, 3.63) is 52.7 Å². The molecule has 0 saturated carbocycles. The maximum absolute atomic E-state index is 12.1. The van der Waals surface area contributed by atoms with Crippen molar-refractivity contribution >= 4 is 27.3 Å². The van der Waals surface area contributed by atoms with Crippen molar-refractivity contribution in [2.75, 3.05) is 7.11 Å². The van der Waals surface area contributed by atoms with Crippen LogP contribution in [0.4, 0.5) is 0 Å². The van der Waals surface area contributed by atoms with Crippen LogP contribution in [-0.4, -0.2) is 23.2 Å². The monoisotopic (exact) mass is 301 g/mol. The van der Waals surface area contributed by atoms with E-state index in [1.54, 1.807) is 18.4 Å². The fourth-order valence-electron chi connectivity index (χ4n) is 2.11. The third kappa shape index (κ3) is 3.12. The molecule has 0 unspecified atom stereocenters. The van der Waals surface area contributed by atoms with Crippen LogP contribution < -0.4 is 5.32 Å². The van der Waals surface area contributed by atoms with Gasteiger partial charge in [0.15, 0.2) is 0 Å². The van der Waals surface area contributed by atoms with E-state index in [1.807, 2.05) is 35.7 Å². The summed E-state index contributed by atoms with van der Waals surface area (Å²) in [7, 11) is 1.62. The molecule has 0 radical (unpaired) electrons. The minimum absolute atomic E-state index is 0.0917. The van der Waals surface area contributed by atoms with E-state index in [9.17, 15) is 4.79 Å². The molecule has 108 valence electrons. The molecule has 5 nitrogen and oxygen atoms in total. The molecule has 0 aliphatic rings. The lowest BCUT2D eigenvalue weighted by Crippen LogP contribution is -2.22. The molecular formula is C15H15N3O2S. The number of ether oxygens (including phenoxy) is 1. The van der Waals surface area contributed by atoms with Crippen LogP contribution in [0.25, 0.3) is 10.1 Å². The lowest BCUT2D eigenvalue weighted by Gasteiger charge is -2.03. The van der Waals surface area contributed by atoms with Gasteiger partial charge in [-0.25, -0.2) is 0 Å². The van der Waals surface area contributed by atoms with Crippen molar-refractivity contribution in [2.45, 2.75) is 13.2 Å². The lowest BCUT2D eigenvalue weighted by atomic mass is 10.1. The van der Waals surface area contributed by atoms with Crippen LogP contribution in [0.15, 0.2) is 35.7 Å². The van der Waals surface area contributed by atoms with E-state index in [4.69, 9.17) is 4.74 Å². The zero-order valence-corrected chi connectivity index (χ0v) is 12.4. The molecule has 1 aromatic carbocycles. The maximum Gasteiger partial charge on any atom is 0.251 e. The number of thiophene rings is 1. The van der Waals surface area contributed by atoms with Gasteiger partial charge >= 0.3 is 0 Å². The lowest BCUT2D eigenvalue weighted by molar-refractivity contribution is 0.0950. The molecule has 2 heterocycles. The first-order valence-electron chi connectivity index (χ1n) is 6.54. The van der Waals surface area contributed by atoms with Gasteiger partial charge in [-0.15, -0.1) is 11.3 Å². The summed E-state index contributed by atoms with van der Waals surface area (Å²) in [5.41, 5.74) is 2.34. The number of hydrogen-bond donors (Lipinski definition) is 2. The zero-order valence-electron chi connectivity index (χ0n) is 11.6. The third-order valence-electron chi connectivity index (χ3n) is 3.13. The highest BCUT2D eigenvalue weighted by molar-refractivity contribution is 7.17. The first-order chi connectivity index (χ1) is 10.3. The predicted octanol–water partition coefficient (Wildman–Crippen LogP) is 2.70. The standard InChI is InChI=1S/C15H15N3O2S/c1-20-9-13-7-12(17-18-13)8-16-15(19)11-2-3-14-10(6-11)4-5-21-14/h2-7H,8-9H2,1H3,(H,16,19)(H,17,18). The Kier molecular flexibility index (Phi) is 3.98. The second-order valence-corrected chi connectivity index (χ2v) is 5.62. The van der Waals surface area contributed by atoms with E-state index in [2.05, 4.69) is 15.5 Å². The summed E-state index contributed by atoms with van der Waals surface area (Å²) < 4.78 is 6.19. The van der Waals surface area contributed by atoms with Gasteiger partial charge in [-0.2, -0.15) is 5.10 Å². The predicted molar refractivity (Wildman–Crippen MR) is 82.3 cm³/mol. The van der Waals surface area contributed by atoms with E-state index < -0.39 is 0 Å². The van der Waals surface area contributed by atoms with Gasteiger partial charge in [-0.1, -0.05) is 0 Å². The van der Waals surface area contributed by atoms with E-state index in [0.29, 0.717) is 18.7 Å². The number of fused-ring (bicyclic) bond motifs is 1. The Hall–Kier alpha value is -2.18. The maximum atomic E-state index is 12.1. The van der Waals surface area contributed by atoms with Gasteiger partial charge in [0.25, 0.3) is 5.91 Å². The Labute approximate surface area is 125 Å². The number of carbonyl (C=O) groups excluding carboxylic acids is 1. The average Bonchev–Trinajstić information content (AvgIpc) is 3.13. The number of nitrogens with one attached hydrogen (secondary N) is 2. The molecule has 0 fully saturated rings. The Balaban J connectivity index is 1.65. The summed E-state index contributed by atoms with van der Waals surface area (Å²) in [6.45, 7) is 0.872. The van der Waals surface area contributed by atoms with Crippen LogP contribution in [0.5, 0.6) is 0 Å². The molecule has 0 bridgehead atoms. The van der Waals surface area contributed by atoms with Crippen molar-refractivity contribution in [1.29, 1.82) is 0 Å². The van der Waals surface area contributed by atoms with E-state index >= 15 is 0 Å². The fourth-order valence-corrected chi connectivity index (χ4v) is 2.88. The Morgan fingerprint density at radius 3 is 3.14 bits per heavy atom. The number of rotatable bonds is 5. The van der Waals surface area contributed by atoms with E-state index in [-0.39, 0.29) is 5.91 Å². The number of amides is 1. The van der Waals surface area contributed by atoms with Crippen LogP contribution in [-0.2, 0) is 17.9 Å². The molecule has 0 atom stereocenters. The number of nitrogens with zero attached hydrogens (tertiary/aromatic N) is 1. The van der Waals surface area contributed by atoms with Gasteiger partial charge in [0, 0.05) is 17.4 Å². The highest BCUT2D eigenvalue weighted by Gasteiger charge is 2.08. The number of hydrogen-bond acceptors (Lipinski definition) is 4. The molecule has 1 amide bonds. The summed E-state index contributed by atoms with van der Waals surface area (Å²) in [5.74, 6) is -0.0917. The molecule has 2 aromatic heterocycles. The van der Waals surface area contributed by atoms with Crippen molar-refractivity contribution in [2.24, 2.45) is 0 Å². The molecule has 6 heteroatoms. The van der Waals surface area contributed by atoms with Gasteiger partial charge in [-0.3, -0.25) is 9.89 Å². The normalized spacial score (nSPS) is 10.9. The van der Waals surface area contributed by atoms with Gasteiger partial charge < -0.3 is 10.1 Å². The van der Waals surface area contributed by atoms with Gasteiger partial charge in [0.1, 0.15) is 0 Å². The first-order valence-corrected chi connectivity index (χ1v) is 7.42. The smallest absolute Gasteiger partial charge is 0.251 e. The van der Waals surface area contributed by atoms with Crippen molar-refractivity contribution in [3.63, 3.8) is 0 Å². The average molecular weight is 301 g/mol. The van der Waals surface area contributed by atoms with Crippen LogP contribution >= 0.6 is 11.3 Å². The summed E-state index contributed by atoms with van der Waals surface area (Å²) in [5, 5.41) is 13.0.